The molecule has 2 rings (SSSR count). The predicted molar refractivity (Wildman–Crippen MR) is 122 cm³/mol. The van der Waals surface area contributed by atoms with E-state index in [2.05, 4.69) is 11.9 Å². The van der Waals surface area contributed by atoms with Gasteiger partial charge in [-0.2, -0.15) is 0 Å². The Bertz CT molecular complexity index is 697. The molecule has 0 aliphatic carbocycles. The third-order valence-electron chi connectivity index (χ3n) is 5.33. The van der Waals surface area contributed by atoms with E-state index in [1.54, 1.807) is 12.1 Å². The fraction of sp³-hybridized carbons (Fsp3) is 0.600. The Balaban J connectivity index is 1.82. The molecule has 0 saturated carbocycles. The van der Waals surface area contributed by atoms with Crippen LogP contribution in [0.15, 0.2) is 30.9 Å². The van der Waals surface area contributed by atoms with Crippen LogP contribution in [0.2, 0.25) is 0 Å². The highest BCUT2D eigenvalue weighted by atomic mass is 16.7. The standard InChI is InChI=1S/C25H37NO5/c1-3-4-5-6-7-8-9-10-13-23(27)26-22-17-20(16-21(18-22)25(28)29-2)19-31-24-14-11-12-15-30-24/h3,16-18,24H,1,4-15,19H2,2H3,(H,26,27). The number of esters is 1. The second-order valence-electron chi connectivity index (χ2n) is 8.01. The van der Waals surface area contributed by atoms with Gasteiger partial charge in [-0.1, -0.05) is 31.8 Å². The van der Waals surface area contributed by atoms with Crippen molar-refractivity contribution in [2.75, 3.05) is 19.0 Å². The number of hydrogen-bond donors (Lipinski definition) is 1. The summed E-state index contributed by atoms with van der Waals surface area (Å²) in [6.07, 6.45) is 13.0. The van der Waals surface area contributed by atoms with E-state index in [4.69, 9.17) is 14.2 Å². The molecule has 172 valence electrons. The second-order valence-corrected chi connectivity index (χ2v) is 8.01. The molecule has 1 fully saturated rings. The zero-order chi connectivity index (χ0) is 22.3. The summed E-state index contributed by atoms with van der Waals surface area (Å²) in [5.41, 5.74) is 1.77. The van der Waals surface area contributed by atoms with Crippen LogP contribution in [0, 0.1) is 0 Å². The van der Waals surface area contributed by atoms with Crippen molar-refractivity contribution in [2.45, 2.75) is 83.5 Å². The van der Waals surface area contributed by atoms with Gasteiger partial charge in [-0.05, 0) is 62.3 Å². The number of unbranched alkanes of at least 4 members (excludes halogenated alkanes) is 6. The summed E-state index contributed by atoms with van der Waals surface area (Å²) in [6.45, 7) is 4.76. The summed E-state index contributed by atoms with van der Waals surface area (Å²) in [4.78, 5) is 24.4. The van der Waals surface area contributed by atoms with Gasteiger partial charge in [-0.15, -0.1) is 6.58 Å². The summed E-state index contributed by atoms with van der Waals surface area (Å²) < 4.78 is 16.3. The van der Waals surface area contributed by atoms with Crippen LogP contribution in [-0.2, 0) is 25.6 Å². The van der Waals surface area contributed by atoms with E-state index in [9.17, 15) is 9.59 Å². The number of methoxy groups -OCH3 is 1. The Morgan fingerprint density at radius 1 is 1.13 bits per heavy atom. The fourth-order valence-corrected chi connectivity index (χ4v) is 3.62. The molecule has 0 bridgehead atoms. The number of anilines is 1. The molecule has 1 aromatic carbocycles. The first-order chi connectivity index (χ1) is 15.1. The van der Waals surface area contributed by atoms with Crippen molar-refractivity contribution in [2.24, 2.45) is 0 Å². The van der Waals surface area contributed by atoms with E-state index in [-0.39, 0.29) is 12.2 Å². The molecule has 31 heavy (non-hydrogen) atoms. The van der Waals surface area contributed by atoms with Crippen molar-refractivity contribution in [3.63, 3.8) is 0 Å². The van der Waals surface area contributed by atoms with Crippen LogP contribution in [-0.4, -0.2) is 31.9 Å². The van der Waals surface area contributed by atoms with E-state index in [0.29, 0.717) is 30.9 Å². The van der Waals surface area contributed by atoms with Gasteiger partial charge in [-0.25, -0.2) is 4.79 Å². The quantitative estimate of drug-likeness (QED) is 0.230. The Morgan fingerprint density at radius 2 is 1.90 bits per heavy atom. The van der Waals surface area contributed by atoms with E-state index in [1.807, 2.05) is 12.1 Å². The Hall–Kier alpha value is -2.18. The van der Waals surface area contributed by atoms with Crippen LogP contribution in [0.4, 0.5) is 5.69 Å². The van der Waals surface area contributed by atoms with Crippen molar-refractivity contribution < 1.29 is 23.8 Å². The Labute approximate surface area is 186 Å². The average Bonchev–Trinajstić information content (AvgIpc) is 2.79. The lowest BCUT2D eigenvalue weighted by Gasteiger charge is -2.23. The SMILES string of the molecule is C=CCCCCCCCCC(=O)Nc1cc(COC2CCCCO2)cc(C(=O)OC)c1. The van der Waals surface area contributed by atoms with Gasteiger partial charge >= 0.3 is 5.97 Å². The largest absolute Gasteiger partial charge is 0.465 e. The zero-order valence-corrected chi connectivity index (χ0v) is 18.8. The van der Waals surface area contributed by atoms with Gasteiger partial charge in [0.2, 0.25) is 5.91 Å². The maximum absolute atomic E-state index is 12.4. The highest BCUT2D eigenvalue weighted by molar-refractivity contribution is 5.94. The highest BCUT2D eigenvalue weighted by Crippen LogP contribution is 2.20. The van der Waals surface area contributed by atoms with Crippen molar-refractivity contribution in [1.29, 1.82) is 0 Å². The predicted octanol–water partition coefficient (Wildman–Crippen LogP) is 5.76. The molecular weight excluding hydrogens is 394 g/mol. The molecule has 1 amide bonds. The maximum Gasteiger partial charge on any atom is 0.337 e. The van der Waals surface area contributed by atoms with E-state index in [0.717, 1.165) is 50.5 Å². The first-order valence-electron chi connectivity index (χ1n) is 11.5. The van der Waals surface area contributed by atoms with Gasteiger partial charge in [0.25, 0.3) is 0 Å². The number of amides is 1. The lowest BCUT2D eigenvalue weighted by molar-refractivity contribution is -0.168. The number of rotatable bonds is 14. The number of benzene rings is 1. The molecule has 1 aliphatic heterocycles. The van der Waals surface area contributed by atoms with Crippen LogP contribution in [0.3, 0.4) is 0 Å². The van der Waals surface area contributed by atoms with E-state index >= 15 is 0 Å². The first kappa shape index (κ1) is 25.1. The molecule has 0 aromatic heterocycles. The van der Waals surface area contributed by atoms with Gasteiger partial charge in [0.1, 0.15) is 0 Å². The van der Waals surface area contributed by atoms with Crippen molar-refractivity contribution in [3.05, 3.63) is 42.0 Å². The smallest absolute Gasteiger partial charge is 0.337 e. The second kappa shape index (κ2) is 14.8. The summed E-state index contributed by atoms with van der Waals surface area (Å²) in [5.74, 6) is -0.487. The van der Waals surface area contributed by atoms with Gasteiger partial charge in [-0.3, -0.25) is 4.79 Å². The van der Waals surface area contributed by atoms with Crippen molar-refractivity contribution in [1.82, 2.24) is 0 Å². The van der Waals surface area contributed by atoms with Crippen LogP contribution in [0.5, 0.6) is 0 Å². The van der Waals surface area contributed by atoms with Crippen LogP contribution in [0.1, 0.15) is 86.6 Å². The molecule has 1 aromatic rings. The van der Waals surface area contributed by atoms with Crippen molar-refractivity contribution in [3.8, 4) is 0 Å². The number of hydrogen-bond acceptors (Lipinski definition) is 5. The highest BCUT2D eigenvalue weighted by Gasteiger charge is 2.16. The third kappa shape index (κ3) is 10.1. The fourth-order valence-electron chi connectivity index (χ4n) is 3.62. The minimum atomic E-state index is -0.442. The molecule has 1 heterocycles. The van der Waals surface area contributed by atoms with Gasteiger partial charge in [0.15, 0.2) is 6.29 Å². The molecular formula is C25H37NO5. The summed E-state index contributed by atoms with van der Waals surface area (Å²) in [5, 5.41) is 2.91. The van der Waals surface area contributed by atoms with Gasteiger partial charge < -0.3 is 19.5 Å². The number of carbonyl (C=O) groups excluding carboxylic acids is 2. The van der Waals surface area contributed by atoms with E-state index in [1.165, 1.54) is 26.4 Å². The molecule has 1 atom stereocenters. The average molecular weight is 432 g/mol. The zero-order valence-electron chi connectivity index (χ0n) is 18.8. The van der Waals surface area contributed by atoms with Crippen LogP contribution < -0.4 is 5.32 Å². The molecule has 0 spiro atoms. The van der Waals surface area contributed by atoms with Crippen molar-refractivity contribution >= 4 is 17.6 Å². The topological polar surface area (TPSA) is 73.9 Å². The number of allylic oxidation sites excluding steroid dienone is 1. The molecule has 1 saturated heterocycles. The monoisotopic (exact) mass is 431 g/mol. The summed E-state index contributed by atoms with van der Waals surface area (Å²) >= 11 is 0. The summed E-state index contributed by atoms with van der Waals surface area (Å²) in [6, 6.07) is 5.22. The molecule has 1 aliphatic rings. The van der Waals surface area contributed by atoms with Gasteiger partial charge in [0, 0.05) is 18.7 Å². The van der Waals surface area contributed by atoms with E-state index < -0.39 is 5.97 Å². The molecule has 0 radical (unpaired) electrons. The molecule has 1 unspecified atom stereocenters. The molecule has 1 N–H and O–H groups in total. The van der Waals surface area contributed by atoms with Crippen LogP contribution >= 0.6 is 0 Å². The minimum absolute atomic E-state index is 0.0452. The van der Waals surface area contributed by atoms with Crippen LogP contribution in [0.25, 0.3) is 0 Å². The number of carbonyl (C=O) groups is 2. The Morgan fingerprint density at radius 3 is 2.61 bits per heavy atom. The lowest BCUT2D eigenvalue weighted by Crippen LogP contribution is -2.22. The molecule has 6 nitrogen and oxygen atoms in total. The first-order valence-corrected chi connectivity index (χ1v) is 11.5. The molecule has 6 heteroatoms. The normalized spacial score (nSPS) is 16.0. The Kier molecular flexibility index (Phi) is 11.9. The van der Waals surface area contributed by atoms with Gasteiger partial charge in [0.05, 0.1) is 19.3 Å². The maximum atomic E-state index is 12.4. The summed E-state index contributed by atoms with van der Waals surface area (Å²) in [7, 11) is 1.34. The lowest BCUT2D eigenvalue weighted by atomic mass is 10.1. The number of ether oxygens (including phenoxy) is 3. The minimum Gasteiger partial charge on any atom is -0.465 e. The third-order valence-corrected chi connectivity index (χ3v) is 5.33. The number of nitrogens with one attached hydrogen (secondary N) is 1.